The smallest absolute Gasteiger partial charge is 0.123 e. The van der Waals surface area contributed by atoms with E-state index < -0.39 is 0 Å². The molecule has 1 saturated heterocycles. The number of rotatable bonds is 4. The highest BCUT2D eigenvalue weighted by Gasteiger charge is 2.19. The normalized spacial score (nSPS) is 15.8. The van der Waals surface area contributed by atoms with E-state index >= 15 is 0 Å². The number of halogens is 1. The third kappa shape index (κ3) is 2.55. The van der Waals surface area contributed by atoms with Crippen molar-refractivity contribution in [2.75, 3.05) is 13.2 Å². The Labute approximate surface area is 98.3 Å². The molecule has 0 spiro atoms. The summed E-state index contributed by atoms with van der Waals surface area (Å²) < 4.78 is 23.5. The maximum absolute atomic E-state index is 13.1. The maximum atomic E-state index is 13.1. The molecule has 16 heavy (non-hydrogen) atoms. The molecule has 1 aliphatic rings. The minimum absolute atomic E-state index is 0.0995. The first-order valence-electron chi connectivity index (χ1n) is 4.94. The van der Waals surface area contributed by atoms with Crippen molar-refractivity contribution in [2.45, 2.75) is 12.7 Å². The lowest BCUT2D eigenvalue weighted by Crippen LogP contribution is -2.36. The van der Waals surface area contributed by atoms with Gasteiger partial charge in [0, 0.05) is 5.56 Å². The molecule has 2 N–H and O–H groups in total. The Morgan fingerprint density at radius 3 is 2.88 bits per heavy atom. The second-order valence-electron chi connectivity index (χ2n) is 3.64. The van der Waals surface area contributed by atoms with Crippen LogP contribution in [0, 0.1) is 5.82 Å². The summed E-state index contributed by atoms with van der Waals surface area (Å²) in [6.45, 7) is 1.49. The molecule has 3 nitrogen and oxygen atoms in total. The van der Waals surface area contributed by atoms with Crippen LogP contribution in [0.2, 0.25) is 0 Å². The molecule has 86 valence electrons. The van der Waals surface area contributed by atoms with Crippen LogP contribution in [0.3, 0.4) is 0 Å². The number of hydrogen-bond donors (Lipinski definition) is 1. The number of benzene rings is 1. The predicted octanol–water partition coefficient (Wildman–Crippen LogP) is 1.38. The van der Waals surface area contributed by atoms with Gasteiger partial charge in [-0.2, -0.15) is 0 Å². The SMILES string of the molecule is NC(=S)c1ccc(F)cc1COC1COC1. The van der Waals surface area contributed by atoms with E-state index in [-0.39, 0.29) is 16.9 Å². The standard InChI is InChI=1S/C11H12FNO2S/c12-8-1-2-10(11(13)16)7(3-8)4-15-9-5-14-6-9/h1-3,9H,4-6H2,(H2,13,16). The third-order valence-electron chi connectivity index (χ3n) is 2.41. The van der Waals surface area contributed by atoms with Gasteiger partial charge in [-0.1, -0.05) is 12.2 Å². The molecule has 0 unspecified atom stereocenters. The lowest BCUT2D eigenvalue weighted by Gasteiger charge is -2.26. The van der Waals surface area contributed by atoms with Gasteiger partial charge in [-0.25, -0.2) is 4.39 Å². The topological polar surface area (TPSA) is 44.5 Å². The van der Waals surface area contributed by atoms with E-state index in [0.717, 1.165) is 0 Å². The zero-order valence-corrected chi connectivity index (χ0v) is 9.43. The quantitative estimate of drug-likeness (QED) is 0.809. The van der Waals surface area contributed by atoms with Gasteiger partial charge >= 0.3 is 0 Å². The van der Waals surface area contributed by atoms with Crippen molar-refractivity contribution in [3.8, 4) is 0 Å². The zero-order chi connectivity index (χ0) is 11.5. The maximum Gasteiger partial charge on any atom is 0.123 e. The van der Waals surface area contributed by atoms with Crippen LogP contribution in [-0.4, -0.2) is 24.3 Å². The van der Waals surface area contributed by atoms with Crippen molar-refractivity contribution in [1.29, 1.82) is 0 Å². The van der Waals surface area contributed by atoms with Gasteiger partial charge in [0.2, 0.25) is 0 Å². The molecule has 1 heterocycles. The van der Waals surface area contributed by atoms with Gasteiger partial charge in [-0.05, 0) is 23.8 Å². The molecule has 0 bridgehead atoms. The van der Waals surface area contributed by atoms with Gasteiger partial charge in [-0.3, -0.25) is 0 Å². The predicted molar refractivity (Wildman–Crippen MR) is 61.7 cm³/mol. The summed E-state index contributed by atoms with van der Waals surface area (Å²) in [5, 5.41) is 0. The van der Waals surface area contributed by atoms with Gasteiger partial charge in [0.15, 0.2) is 0 Å². The number of thiocarbonyl (C=S) groups is 1. The lowest BCUT2D eigenvalue weighted by molar-refractivity contribution is -0.135. The van der Waals surface area contributed by atoms with E-state index in [9.17, 15) is 4.39 Å². The Bertz CT molecular complexity index is 407. The second kappa shape index (κ2) is 4.86. The number of nitrogens with two attached hydrogens (primary N) is 1. The van der Waals surface area contributed by atoms with Crippen LogP contribution in [-0.2, 0) is 16.1 Å². The van der Waals surface area contributed by atoms with Crippen molar-refractivity contribution in [1.82, 2.24) is 0 Å². The van der Waals surface area contributed by atoms with Crippen LogP contribution >= 0.6 is 12.2 Å². The summed E-state index contributed by atoms with van der Waals surface area (Å²) in [6.07, 6.45) is 0.0995. The highest BCUT2D eigenvalue weighted by molar-refractivity contribution is 7.80. The van der Waals surface area contributed by atoms with Crippen molar-refractivity contribution in [3.05, 3.63) is 35.1 Å². The van der Waals surface area contributed by atoms with Crippen molar-refractivity contribution >= 4 is 17.2 Å². The Kier molecular flexibility index (Phi) is 3.48. The monoisotopic (exact) mass is 241 g/mol. The summed E-state index contributed by atoms with van der Waals surface area (Å²) in [6, 6.07) is 4.31. The molecular formula is C11H12FNO2S. The van der Waals surface area contributed by atoms with Crippen molar-refractivity contribution < 1.29 is 13.9 Å². The minimum Gasteiger partial charge on any atom is -0.389 e. The van der Waals surface area contributed by atoms with Crippen LogP contribution in [0.5, 0.6) is 0 Å². The first-order valence-corrected chi connectivity index (χ1v) is 5.35. The van der Waals surface area contributed by atoms with Crippen LogP contribution < -0.4 is 5.73 Å². The first kappa shape index (κ1) is 11.4. The van der Waals surface area contributed by atoms with Crippen molar-refractivity contribution in [2.24, 2.45) is 5.73 Å². The molecule has 1 aliphatic heterocycles. The second-order valence-corrected chi connectivity index (χ2v) is 4.08. The summed E-state index contributed by atoms with van der Waals surface area (Å²) >= 11 is 4.89. The molecule has 5 heteroatoms. The van der Waals surface area contributed by atoms with Crippen LogP contribution in [0.4, 0.5) is 4.39 Å². The lowest BCUT2D eigenvalue weighted by atomic mass is 10.1. The number of ether oxygens (including phenoxy) is 2. The third-order valence-corrected chi connectivity index (χ3v) is 2.63. The van der Waals surface area contributed by atoms with Crippen LogP contribution in [0.1, 0.15) is 11.1 Å². The summed E-state index contributed by atoms with van der Waals surface area (Å²) in [5.74, 6) is -0.316. The molecular weight excluding hydrogens is 229 g/mol. The van der Waals surface area contributed by atoms with Gasteiger partial charge in [0.25, 0.3) is 0 Å². The fourth-order valence-electron chi connectivity index (χ4n) is 1.44. The highest BCUT2D eigenvalue weighted by Crippen LogP contribution is 2.15. The fourth-order valence-corrected chi connectivity index (χ4v) is 1.64. The van der Waals surface area contributed by atoms with E-state index in [2.05, 4.69) is 0 Å². The molecule has 2 rings (SSSR count). The fraction of sp³-hybridized carbons (Fsp3) is 0.364. The molecule has 0 atom stereocenters. The molecule has 0 saturated carbocycles. The van der Waals surface area contributed by atoms with Gasteiger partial charge in [0.05, 0.1) is 19.8 Å². The summed E-state index contributed by atoms with van der Waals surface area (Å²) in [5.41, 5.74) is 6.89. The molecule has 0 aromatic heterocycles. The van der Waals surface area contributed by atoms with Crippen LogP contribution in [0.15, 0.2) is 18.2 Å². The Morgan fingerprint density at radius 1 is 1.56 bits per heavy atom. The summed E-state index contributed by atoms with van der Waals surface area (Å²) in [7, 11) is 0. The zero-order valence-electron chi connectivity index (χ0n) is 8.61. The first-order chi connectivity index (χ1) is 7.66. The Hall–Kier alpha value is -1.04. The van der Waals surface area contributed by atoms with E-state index in [1.54, 1.807) is 6.07 Å². The minimum atomic E-state index is -0.316. The molecule has 1 fully saturated rings. The number of hydrogen-bond acceptors (Lipinski definition) is 3. The summed E-state index contributed by atoms with van der Waals surface area (Å²) in [4.78, 5) is 0.253. The van der Waals surface area contributed by atoms with E-state index in [0.29, 0.717) is 30.9 Å². The molecule has 0 amide bonds. The largest absolute Gasteiger partial charge is 0.389 e. The van der Waals surface area contributed by atoms with E-state index in [1.165, 1.54) is 12.1 Å². The highest BCUT2D eigenvalue weighted by atomic mass is 32.1. The molecule has 1 aromatic carbocycles. The molecule has 0 radical (unpaired) electrons. The Balaban J connectivity index is 2.09. The van der Waals surface area contributed by atoms with Gasteiger partial charge in [0.1, 0.15) is 16.9 Å². The average molecular weight is 241 g/mol. The average Bonchev–Trinajstić information content (AvgIpc) is 2.14. The van der Waals surface area contributed by atoms with Gasteiger partial charge in [-0.15, -0.1) is 0 Å². The van der Waals surface area contributed by atoms with Crippen molar-refractivity contribution in [3.63, 3.8) is 0 Å². The molecule has 1 aromatic rings. The van der Waals surface area contributed by atoms with Crippen LogP contribution in [0.25, 0.3) is 0 Å². The molecule has 0 aliphatic carbocycles. The van der Waals surface area contributed by atoms with E-state index in [4.69, 9.17) is 27.4 Å². The van der Waals surface area contributed by atoms with Gasteiger partial charge < -0.3 is 15.2 Å². The van der Waals surface area contributed by atoms with E-state index in [1.807, 2.05) is 0 Å². The Morgan fingerprint density at radius 2 is 2.31 bits per heavy atom.